The number of nitrogens with one attached hydrogen (secondary N) is 1. The summed E-state index contributed by atoms with van der Waals surface area (Å²) in [5.74, 6) is -0.317. The molecule has 2 atom stereocenters. The summed E-state index contributed by atoms with van der Waals surface area (Å²) in [6.45, 7) is 1.64. The van der Waals surface area contributed by atoms with Crippen LogP contribution in [-0.2, 0) is 27.4 Å². The minimum absolute atomic E-state index is 0.287. The summed E-state index contributed by atoms with van der Waals surface area (Å²) < 4.78 is 10.1. The van der Waals surface area contributed by atoms with Gasteiger partial charge in [-0.2, -0.15) is 0 Å². The second-order valence-corrected chi connectivity index (χ2v) is 5.35. The molecule has 2 heterocycles. The van der Waals surface area contributed by atoms with Crippen molar-refractivity contribution in [1.29, 1.82) is 0 Å². The Morgan fingerprint density at radius 2 is 1.90 bits per heavy atom. The third-order valence-corrected chi connectivity index (χ3v) is 3.94. The van der Waals surface area contributed by atoms with Crippen molar-refractivity contribution in [2.24, 2.45) is 0 Å². The molecule has 2 aliphatic heterocycles. The van der Waals surface area contributed by atoms with E-state index in [4.69, 9.17) is 4.74 Å². The Morgan fingerprint density at radius 1 is 1.24 bits per heavy atom. The van der Waals surface area contributed by atoms with Gasteiger partial charge in [0.2, 0.25) is 0 Å². The highest BCUT2D eigenvalue weighted by Crippen LogP contribution is 2.23. The summed E-state index contributed by atoms with van der Waals surface area (Å²) in [6.07, 6.45) is -0.159. The zero-order chi connectivity index (χ0) is 14.8. The van der Waals surface area contributed by atoms with E-state index >= 15 is 0 Å². The molecule has 0 spiro atoms. The Hall–Kier alpha value is -2.08. The van der Waals surface area contributed by atoms with Crippen molar-refractivity contribution >= 4 is 12.1 Å². The molecule has 21 heavy (non-hydrogen) atoms. The molecule has 0 saturated carbocycles. The van der Waals surface area contributed by atoms with E-state index in [1.807, 2.05) is 24.3 Å². The van der Waals surface area contributed by atoms with Crippen LogP contribution >= 0.6 is 0 Å². The van der Waals surface area contributed by atoms with Crippen LogP contribution in [0.4, 0.5) is 4.79 Å². The second-order valence-electron chi connectivity index (χ2n) is 5.35. The van der Waals surface area contributed by atoms with Crippen LogP contribution in [0.5, 0.6) is 0 Å². The topological polar surface area (TPSA) is 67.9 Å². The quantitative estimate of drug-likeness (QED) is 0.824. The Balaban J connectivity index is 1.53. The molecule has 0 aromatic heterocycles. The van der Waals surface area contributed by atoms with Crippen molar-refractivity contribution in [3.05, 3.63) is 35.4 Å². The highest BCUT2D eigenvalue weighted by Gasteiger charge is 2.34. The van der Waals surface area contributed by atoms with Crippen LogP contribution in [0, 0.1) is 0 Å². The predicted octanol–water partition coefficient (Wildman–Crippen LogP) is 1.04. The zero-order valence-electron chi connectivity index (χ0n) is 11.9. The number of carbonyl (C=O) groups excluding carboxylic acids is 2. The van der Waals surface area contributed by atoms with Gasteiger partial charge in [0.05, 0.1) is 7.11 Å². The van der Waals surface area contributed by atoms with E-state index in [1.54, 1.807) is 4.90 Å². The minimum atomic E-state index is -0.386. The SMILES string of the molecule is COC(=O)[C@@H]1C[C@@H](OC(=O)N2Cc3ccccc3C2)CN1. The van der Waals surface area contributed by atoms with E-state index in [0.29, 0.717) is 26.1 Å². The van der Waals surface area contributed by atoms with Gasteiger partial charge in [0.15, 0.2) is 0 Å². The molecule has 0 unspecified atom stereocenters. The van der Waals surface area contributed by atoms with Gasteiger partial charge in [-0.3, -0.25) is 9.69 Å². The molecule has 112 valence electrons. The maximum atomic E-state index is 12.2. The average Bonchev–Trinajstić information content (AvgIpc) is 3.12. The number of benzene rings is 1. The van der Waals surface area contributed by atoms with Crippen molar-refractivity contribution in [3.8, 4) is 0 Å². The number of carbonyl (C=O) groups is 2. The van der Waals surface area contributed by atoms with E-state index in [1.165, 1.54) is 7.11 Å². The highest BCUT2D eigenvalue weighted by atomic mass is 16.6. The van der Waals surface area contributed by atoms with Gasteiger partial charge in [-0.25, -0.2) is 4.79 Å². The molecule has 1 aromatic rings. The molecule has 0 bridgehead atoms. The average molecular weight is 290 g/mol. The number of ether oxygens (including phenoxy) is 2. The van der Waals surface area contributed by atoms with Gasteiger partial charge in [0.25, 0.3) is 0 Å². The Kier molecular flexibility index (Phi) is 3.79. The second kappa shape index (κ2) is 5.73. The first-order chi connectivity index (χ1) is 10.2. The lowest BCUT2D eigenvalue weighted by Gasteiger charge is -2.18. The number of esters is 1. The van der Waals surface area contributed by atoms with Crippen molar-refractivity contribution in [2.45, 2.75) is 31.7 Å². The maximum Gasteiger partial charge on any atom is 0.410 e. The monoisotopic (exact) mass is 290 g/mol. The van der Waals surface area contributed by atoms with Gasteiger partial charge >= 0.3 is 12.1 Å². The molecule has 0 radical (unpaired) electrons. The van der Waals surface area contributed by atoms with Crippen LogP contribution in [-0.4, -0.2) is 42.8 Å². The summed E-state index contributed by atoms with van der Waals surface area (Å²) in [4.78, 5) is 25.3. The molecule has 1 saturated heterocycles. The van der Waals surface area contributed by atoms with Crippen LogP contribution in [0.1, 0.15) is 17.5 Å². The van der Waals surface area contributed by atoms with Gasteiger partial charge in [-0.05, 0) is 11.1 Å². The normalized spacial score (nSPS) is 23.8. The van der Waals surface area contributed by atoms with E-state index in [0.717, 1.165) is 11.1 Å². The van der Waals surface area contributed by atoms with Crippen molar-refractivity contribution in [3.63, 3.8) is 0 Å². The standard InChI is InChI=1S/C15H18N2O4/c1-20-14(18)13-6-12(7-16-13)21-15(19)17-8-10-4-2-3-5-11(10)9-17/h2-5,12-13,16H,6-9H2,1H3/t12-,13+/m1/s1. The first kappa shape index (κ1) is 13.9. The number of amides is 1. The van der Waals surface area contributed by atoms with Crippen molar-refractivity contribution < 1.29 is 19.1 Å². The van der Waals surface area contributed by atoms with Gasteiger partial charge < -0.3 is 14.8 Å². The molecular formula is C15H18N2O4. The van der Waals surface area contributed by atoms with Gasteiger partial charge in [-0.1, -0.05) is 24.3 Å². The summed E-state index contributed by atoms with van der Waals surface area (Å²) in [5, 5.41) is 3.00. The van der Waals surface area contributed by atoms with Crippen molar-refractivity contribution in [1.82, 2.24) is 10.2 Å². The van der Waals surface area contributed by atoms with Gasteiger partial charge in [-0.15, -0.1) is 0 Å². The molecule has 2 aliphatic rings. The lowest BCUT2D eigenvalue weighted by molar-refractivity contribution is -0.142. The van der Waals surface area contributed by atoms with Crippen molar-refractivity contribution in [2.75, 3.05) is 13.7 Å². The van der Waals surface area contributed by atoms with Crippen LogP contribution in [0.3, 0.4) is 0 Å². The summed E-state index contributed by atoms with van der Waals surface area (Å²) in [5.41, 5.74) is 2.32. The third kappa shape index (κ3) is 2.85. The predicted molar refractivity (Wildman–Crippen MR) is 74.4 cm³/mol. The van der Waals surface area contributed by atoms with Crippen LogP contribution in [0.2, 0.25) is 0 Å². The summed E-state index contributed by atoms with van der Waals surface area (Å²) in [6, 6.07) is 7.59. The van der Waals surface area contributed by atoms with Crippen LogP contribution in [0.15, 0.2) is 24.3 Å². The fourth-order valence-electron chi connectivity index (χ4n) is 2.79. The fraction of sp³-hybridized carbons (Fsp3) is 0.467. The molecule has 6 heteroatoms. The van der Waals surface area contributed by atoms with E-state index in [-0.39, 0.29) is 24.2 Å². The molecule has 6 nitrogen and oxygen atoms in total. The maximum absolute atomic E-state index is 12.2. The van der Waals surface area contributed by atoms with Gasteiger partial charge in [0, 0.05) is 26.1 Å². The fourth-order valence-corrected chi connectivity index (χ4v) is 2.79. The smallest absolute Gasteiger partial charge is 0.410 e. The Labute approximate surface area is 123 Å². The van der Waals surface area contributed by atoms with E-state index in [2.05, 4.69) is 10.1 Å². The summed E-state index contributed by atoms with van der Waals surface area (Å²) in [7, 11) is 1.35. The first-order valence-corrected chi connectivity index (χ1v) is 7.01. The molecule has 1 amide bonds. The number of fused-ring (bicyclic) bond motifs is 1. The molecule has 1 N–H and O–H groups in total. The number of hydrogen-bond acceptors (Lipinski definition) is 5. The lowest BCUT2D eigenvalue weighted by atomic mass is 10.1. The lowest BCUT2D eigenvalue weighted by Crippen LogP contribution is -2.31. The number of methoxy groups -OCH3 is 1. The van der Waals surface area contributed by atoms with E-state index in [9.17, 15) is 9.59 Å². The third-order valence-electron chi connectivity index (χ3n) is 3.94. The largest absolute Gasteiger partial charge is 0.468 e. The van der Waals surface area contributed by atoms with Gasteiger partial charge in [0.1, 0.15) is 12.1 Å². The van der Waals surface area contributed by atoms with Crippen LogP contribution < -0.4 is 5.32 Å². The molecule has 1 fully saturated rings. The first-order valence-electron chi connectivity index (χ1n) is 7.01. The minimum Gasteiger partial charge on any atom is -0.468 e. The Bertz CT molecular complexity index is 535. The molecular weight excluding hydrogens is 272 g/mol. The van der Waals surface area contributed by atoms with Crippen LogP contribution in [0.25, 0.3) is 0 Å². The highest BCUT2D eigenvalue weighted by molar-refractivity contribution is 5.76. The summed E-state index contributed by atoms with van der Waals surface area (Å²) >= 11 is 0. The molecule has 0 aliphatic carbocycles. The molecule has 1 aromatic carbocycles. The zero-order valence-corrected chi connectivity index (χ0v) is 11.9. The molecule has 3 rings (SSSR count). The number of hydrogen-bond donors (Lipinski definition) is 1. The Morgan fingerprint density at radius 3 is 2.52 bits per heavy atom. The number of rotatable bonds is 2. The number of nitrogens with zero attached hydrogens (tertiary/aromatic N) is 1. The van der Waals surface area contributed by atoms with E-state index < -0.39 is 0 Å².